The number of quaternary nitrogens is 1. The third-order valence-electron chi connectivity index (χ3n) is 5.16. The molecule has 0 saturated carbocycles. The quantitative estimate of drug-likeness (QED) is 0.284. The number of rotatable bonds is 10. The third-order valence-corrected chi connectivity index (χ3v) is 5.16. The molecule has 0 atom stereocenters. The Hall–Kier alpha value is -0.900. The van der Waals surface area contributed by atoms with Crippen LogP contribution in [0.4, 0.5) is 4.79 Å². The smallest absolute Gasteiger partial charge is 0.292 e. The first kappa shape index (κ1) is 24.1. The summed E-state index contributed by atoms with van der Waals surface area (Å²) in [6, 6.07) is -0.0393. The summed E-state index contributed by atoms with van der Waals surface area (Å²) in [5, 5.41) is 0. The average molecular weight is 356 g/mol. The van der Waals surface area contributed by atoms with Crippen LogP contribution in [0.3, 0.4) is 0 Å². The summed E-state index contributed by atoms with van der Waals surface area (Å²) in [6.07, 6.45) is 8.66. The minimum absolute atomic E-state index is 0.0393. The lowest BCUT2D eigenvalue weighted by Crippen LogP contribution is -2.74. The first-order valence-electron chi connectivity index (χ1n) is 10.1. The lowest BCUT2D eigenvalue weighted by Gasteiger charge is -2.50. The summed E-state index contributed by atoms with van der Waals surface area (Å²) < 4.78 is -0.167. The minimum Gasteiger partial charge on any atom is -0.292 e. The lowest BCUT2D eigenvalue weighted by molar-refractivity contribution is -0.866. The molecular weight excluding hydrogens is 312 g/mol. The lowest BCUT2D eigenvalue weighted by atomic mass is 9.91. The van der Waals surface area contributed by atoms with Crippen molar-refractivity contribution in [1.29, 1.82) is 0 Å². The van der Waals surface area contributed by atoms with Gasteiger partial charge in [-0.2, -0.15) is 4.48 Å². The number of hydrogen-bond donors (Lipinski definition) is 0. The summed E-state index contributed by atoms with van der Waals surface area (Å²) in [6.45, 7) is 17.8. The molecule has 4 nitrogen and oxygen atoms in total. The summed E-state index contributed by atoms with van der Waals surface area (Å²) in [7, 11) is 0. The van der Waals surface area contributed by atoms with Crippen LogP contribution >= 0.6 is 0 Å². The summed E-state index contributed by atoms with van der Waals surface area (Å²) >= 11 is 0. The first-order valence-corrected chi connectivity index (χ1v) is 10.1. The van der Waals surface area contributed by atoms with E-state index in [4.69, 9.17) is 0 Å². The highest BCUT2D eigenvalue weighted by Gasteiger charge is 2.57. The summed E-state index contributed by atoms with van der Waals surface area (Å²) in [5.41, 5.74) is -0.965. The van der Waals surface area contributed by atoms with Crippen molar-refractivity contribution in [3.63, 3.8) is 0 Å². The molecule has 0 aromatic carbocycles. The maximum atomic E-state index is 13.6. The average Bonchev–Trinajstić information content (AvgIpc) is 2.47. The Morgan fingerprint density at radius 2 is 1.20 bits per heavy atom. The van der Waals surface area contributed by atoms with E-state index < -0.39 is 11.1 Å². The van der Waals surface area contributed by atoms with E-state index in [1.54, 1.807) is 0 Å². The second kappa shape index (κ2) is 10.3. The van der Waals surface area contributed by atoms with Crippen LogP contribution in [0, 0.1) is 0 Å². The minimum atomic E-state index is -0.483. The number of unbranched alkanes of at least 4 members (excludes halogenated alkanes) is 5. The van der Waals surface area contributed by atoms with Crippen LogP contribution in [0.2, 0.25) is 0 Å². The van der Waals surface area contributed by atoms with Gasteiger partial charge in [-0.3, -0.25) is 4.90 Å². The van der Waals surface area contributed by atoms with Crippen molar-refractivity contribution in [2.45, 2.75) is 111 Å². The van der Waals surface area contributed by atoms with Gasteiger partial charge in [-0.05, 0) is 54.4 Å². The van der Waals surface area contributed by atoms with Gasteiger partial charge in [0.25, 0.3) is 0 Å². The standard InChI is InChI=1S/C21H43N2O2/c1-9-11-13-15-17-22(16-14-12-10-2)19(25)23(18-24,20(3,4)5)21(6,7)8/h18H,9-17H2,1-8H3/q+1. The fourth-order valence-corrected chi connectivity index (χ4v) is 3.75. The monoisotopic (exact) mass is 355 g/mol. The molecule has 0 saturated heterocycles. The van der Waals surface area contributed by atoms with Gasteiger partial charge in [0.15, 0.2) is 0 Å². The summed E-state index contributed by atoms with van der Waals surface area (Å²) in [5.74, 6) is 0. The van der Waals surface area contributed by atoms with Crippen LogP contribution in [-0.2, 0) is 4.79 Å². The van der Waals surface area contributed by atoms with Crippen LogP contribution < -0.4 is 0 Å². The maximum Gasteiger partial charge on any atom is 0.427 e. The first-order chi connectivity index (χ1) is 11.5. The molecule has 3 amide bonds. The Balaban J connectivity index is 5.59. The van der Waals surface area contributed by atoms with E-state index in [1.165, 1.54) is 12.8 Å². The zero-order chi connectivity index (χ0) is 19.7. The summed E-state index contributed by atoms with van der Waals surface area (Å²) in [4.78, 5) is 27.9. The molecule has 4 heteroatoms. The highest BCUT2D eigenvalue weighted by molar-refractivity contribution is 5.75. The third kappa shape index (κ3) is 6.09. The molecule has 0 aromatic rings. The highest BCUT2D eigenvalue weighted by Crippen LogP contribution is 2.35. The molecule has 0 aliphatic heterocycles. The van der Waals surface area contributed by atoms with Crippen molar-refractivity contribution >= 4 is 12.4 Å². The molecule has 0 aromatic heterocycles. The number of imide groups is 1. The zero-order valence-corrected chi connectivity index (χ0v) is 18.2. The molecule has 0 spiro atoms. The number of carbonyl (C=O) groups is 2. The van der Waals surface area contributed by atoms with Crippen LogP contribution in [0.25, 0.3) is 0 Å². The van der Waals surface area contributed by atoms with Crippen molar-refractivity contribution in [1.82, 2.24) is 4.90 Å². The van der Waals surface area contributed by atoms with Gasteiger partial charge < -0.3 is 0 Å². The molecule has 0 heterocycles. The molecule has 0 N–H and O–H groups in total. The van der Waals surface area contributed by atoms with Gasteiger partial charge >= 0.3 is 12.4 Å². The van der Waals surface area contributed by atoms with Crippen LogP contribution in [0.5, 0.6) is 0 Å². The molecule has 0 aliphatic rings. The Morgan fingerprint density at radius 1 is 0.800 bits per heavy atom. The number of hydrogen-bond acceptors (Lipinski definition) is 2. The van der Waals surface area contributed by atoms with Crippen LogP contribution in [-0.4, -0.2) is 46.0 Å². The predicted octanol–water partition coefficient (Wildman–Crippen LogP) is 5.75. The Morgan fingerprint density at radius 3 is 1.56 bits per heavy atom. The zero-order valence-electron chi connectivity index (χ0n) is 18.2. The van der Waals surface area contributed by atoms with E-state index in [1.807, 2.05) is 46.4 Å². The number of urea groups is 1. The van der Waals surface area contributed by atoms with Crippen molar-refractivity contribution in [2.24, 2.45) is 0 Å². The molecule has 0 radical (unpaired) electrons. The van der Waals surface area contributed by atoms with E-state index in [2.05, 4.69) is 13.8 Å². The van der Waals surface area contributed by atoms with Gasteiger partial charge in [-0.1, -0.05) is 46.0 Å². The molecule has 0 rings (SSSR count). The van der Waals surface area contributed by atoms with Crippen molar-refractivity contribution in [3.8, 4) is 0 Å². The molecule has 148 valence electrons. The van der Waals surface area contributed by atoms with Crippen molar-refractivity contribution in [3.05, 3.63) is 0 Å². The predicted molar refractivity (Wildman–Crippen MR) is 106 cm³/mol. The fourth-order valence-electron chi connectivity index (χ4n) is 3.75. The largest absolute Gasteiger partial charge is 0.427 e. The van der Waals surface area contributed by atoms with E-state index in [0.717, 1.165) is 51.6 Å². The van der Waals surface area contributed by atoms with E-state index in [9.17, 15) is 9.59 Å². The fraction of sp³-hybridized carbons (Fsp3) is 0.905. The Labute approximate surface area is 156 Å². The Kier molecular flexibility index (Phi) is 9.93. The SMILES string of the molecule is CCCCCCN(CCCCC)C(=O)[N+](C=O)(C(C)(C)C)C(C)(C)C. The van der Waals surface area contributed by atoms with Gasteiger partial charge in [-0.25, -0.2) is 9.59 Å². The number of amides is 3. The van der Waals surface area contributed by atoms with Gasteiger partial charge in [0.1, 0.15) is 11.1 Å². The molecule has 0 bridgehead atoms. The second-order valence-electron chi connectivity index (χ2n) is 9.21. The molecular formula is C21H43N2O2+. The number of carbonyl (C=O) groups excluding carboxylic acids is 2. The van der Waals surface area contributed by atoms with Gasteiger partial charge in [0, 0.05) is 13.1 Å². The molecule has 0 aliphatic carbocycles. The van der Waals surface area contributed by atoms with E-state index in [0.29, 0.717) is 0 Å². The Bertz CT molecular complexity index is 391. The number of nitrogens with zero attached hydrogens (tertiary/aromatic N) is 2. The van der Waals surface area contributed by atoms with Gasteiger partial charge in [0.05, 0.1) is 0 Å². The molecule has 0 unspecified atom stereocenters. The van der Waals surface area contributed by atoms with E-state index in [-0.39, 0.29) is 10.5 Å². The van der Waals surface area contributed by atoms with Crippen LogP contribution in [0.15, 0.2) is 0 Å². The normalized spacial score (nSPS) is 13.0. The second-order valence-corrected chi connectivity index (χ2v) is 9.21. The van der Waals surface area contributed by atoms with E-state index >= 15 is 0 Å². The van der Waals surface area contributed by atoms with Gasteiger partial charge in [0.2, 0.25) is 0 Å². The maximum absolute atomic E-state index is 13.6. The van der Waals surface area contributed by atoms with Crippen molar-refractivity contribution < 1.29 is 14.1 Å². The van der Waals surface area contributed by atoms with Crippen molar-refractivity contribution in [2.75, 3.05) is 13.1 Å². The van der Waals surface area contributed by atoms with Gasteiger partial charge in [-0.15, -0.1) is 0 Å². The molecule has 0 fully saturated rings. The highest BCUT2D eigenvalue weighted by atomic mass is 16.2. The topological polar surface area (TPSA) is 37.4 Å². The van der Waals surface area contributed by atoms with Crippen LogP contribution in [0.1, 0.15) is 100 Å². The molecule has 25 heavy (non-hydrogen) atoms.